The molecule has 3 heterocycles. The lowest BCUT2D eigenvalue weighted by molar-refractivity contribution is -0.131. The molecular formula is C15H22N4O. The SMILES string of the molecule is Cn1cc(CN2C[C@@H]3CN(CC4CC4)C(=O)[C@@H]3C2)cn1. The van der Waals surface area contributed by atoms with E-state index in [1.807, 2.05) is 17.9 Å². The highest BCUT2D eigenvalue weighted by Crippen LogP contribution is 2.36. The van der Waals surface area contributed by atoms with Gasteiger partial charge in [0, 0.05) is 57.4 Å². The molecule has 1 amide bonds. The zero-order chi connectivity index (χ0) is 13.7. The Kier molecular flexibility index (Phi) is 2.84. The molecule has 0 aromatic carbocycles. The van der Waals surface area contributed by atoms with Crippen molar-refractivity contribution in [2.45, 2.75) is 19.4 Å². The number of rotatable bonds is 4. The van der Waals surface area contributed by atoms with E-state index in [9.17, 15) is 4.79 Å². The van der Waals surface area contributed by atoms with E-state index in [0.717, 1.165) is 38.6 Å². The lowest BCUT2D eigenvalue weighted by Crippen LogP contribution is -2.33. The smallest absolute Gasteiger partial charge is 0.227 e. The summed E-state index contributed by atoms with van der Waals surface area (Å²) in [5.41, 5.74) is 1.25. The number of carbonyl (C=O) groups is 1. The number of aromatic nitrogens is 2. The van der Waals surface area contributed by atoms with Gasteiger partial charge in [-0.2, -0.15) is 5.10 Å². The summed E-state index contributed by atoms with van der Waals surface area (Å²) in [5, 5.41) is 4.21. The van der Waals surface area contributed by atoms with Gasteiger partial charge in [-0.3, -0.25) is 14.4 Å². The summed E-state index contributed by atoms with van der Waals surface area (Å²) in [6.07, 6.45) is 6.64. The van der Waals surface area contributed by atoms with E-state index in [4.69, 9.17) is 0 Å². The van der Waals surface area contributed by atoms with Crippen molar-refractivity contribution in [2.75, 3.05) is 26.2 Å². The molecule has 2 aliphatic heterocycles. The maximum absolute atomic E-state index is 12.4. The van der Waals surface area contributed by atoms with Crippen LogP contribution in [0.15, 0.2) is 12.4 Å². The molecule has 3 fully saturated rings. The fourth-order valence-electron chi connectivity index (χ4n) is 3.75. The average Bonchev–Trinajstić information content (AvgIpc) is 2.90. The maximum atomic E-state index is 12.4. The molecule has 3 aliphatic rings. The Balaban J connectivity index is 1.36. The zero-order valence-corrected chi connectivity index (χ0v) is 12.0. The number of hydrogen-bond acceptors (Lipinski definition) is 3. The van der Waals surface area contributed by atoms with Gasteiger partial charge in [-0.1, -0.05) is 0 Å². The third-order valence-electron chi connectivity index (χ3n) is 4.94. The fourth-order valence-corrected chi connectivity index (χ4v) is 3.75. The highest BCUT2D eigenvalue weighted by Gasteiger charge is 2.46. The third-order valence-corrected chi connectivity index (χ3v) is 4.94. The summed E-state index contributed by atoms with van der Waals surface area (Å²) in [5.74, 6) is 2.03. The first kappa shape index (κ1) is 12.4. The van der Waals surface area contributed by atoms with Crippen LogP contribution in [0.3, 0.4) is 0 Å². The van der Waals surface area contributed by atoms with Crippen LogP contribution in [0.5, 0.6) is 0 Å². The molecule has 4 rings (SSSR count). The van der Waals surface area contributed by atoms with Crippen molar-refractivity contribution in [1.29, 1.82) is 0 Å². The highest BCUT2D eigenvalue weighted by atomic mass is 16.2. The molecule has 1 aliphatic carbocycles. The van der Waals surface area contributed by atoms with Gasteiger partial charge in [0.25, 0.3) is 0 Å². The third kappa shape index (κ3) is 2.24. The average molecular weight is 274 g/mol. The van der Waals surface area contributed by atoms with Crippen LogP contribution in [0.4, 0.5) is 0 Å². The maximum Gasteiger partial charge on any atom is 0.227 e. The van der Waals surface area contributed by atoms with Crippen molar-refractivity contribution in [2.24, 2.45) is 24.8 Å². The van der Waals surface area contributed by atoms with Crippen LogP contribution in [0.2, 0.25) is 0 Å². The second-order valence-corrected chi connectivity index (χ2v) is 6.77. The van der Waals surface area contributed by atoms with Crippen LogP contribution >= 0.6 is 0 Å². The molecule has 108 valence electrons. The standard InChI is InChI=1S/C15H22N4O/c1-17-5-12(4-16-17)6-18-8-13-9-19(7-11-2-3-11)15(20)14(13)10-18/h4-5,11,13-14H,2-3,6-10H2,1H3/t13-,14-/m1/s1. The summed E-state index contributed by atoms with van der Waals surface area (Å²) >= 11 is 0. The van der Waals surface area contributed by atoms with Crippen LogP contribution < -0.4 is 0 Å². The summed E-state index contributed by atoms with van der Waals surface area (Å²) < 4.78 is 1.84. The largest absolute Gasteiger partial charge is 0.342 e. The Hall–Kier alpha value is -1.36. The summed E-state index contributed by atoms with van der Waals surface area (Å²) in [7, 11) is 1.95. The minimum Gasteiger partial charge on any atom is -0.342 e. The van der Waals surface area contributed by atoms with Gasteiger partial charge < -0.3 is 4.90 Å². The fraction of sp³-hybridized carbons (Fsp3) is 0.733. The second-order valence-electron chi connectivity index (χ2n) is 6.77. The molecule has 20 heavy (non-hydrogen) atoms. The summed E-state index contributed by atoms with van der Waals surface area (Å²) in [6, 6.07) is 0. The minimum atomic E-state index is 0.255. The normalized spacial score (nSPS) is 30.2. The molecule has 2 saturated heterocycles. The molecule has 0 unspecified atom stereocenters. The Morgan fingerprint density at radius 3 is 2.80 bits per heavy atom. The second kappa shape index (κ2) is 4.58. The number of carbonyl (C=O) groups excluding carboxylic acids is 1. The number of amides is 1. The molecule has 5 heteroatoms. The zero-order valence-electron chi connectivity index (χ0n) is 12.0. The first-order chi connectivity index (χ1) is 9.69. The van der Waals surface area contributed by atoms with Crippen molar-refractivity contribution in [3.05, 3.63) is 18.0 Å². The van der Waals surface area contributed by atoms with Gasteiger partial charge in [0.2, 0.25) is 5.91 Å². The van der Waals surface area contributed by atoms with Crippen LogP contribution in [-0.2, 0) is 18.4 Å². The van der Waals surface area contributed by atoms with E-state index < -0.39 is 0 Å². The van der Waals surface area contributed by atoms with Crippen molar-refractivity contribution in [1.82, 2.24) is 19.6 Å². The van der Waals surface area contributed by atoms with E-state index in [-0.39, 0.29) is 5.92 Å². The van der Waals surface area contributed by atoms with Gasteiger partial charge in [0.15, 0.2) is 0 Å². The first-order valence-corrected chi connectivity index (χ1v) is 7.67. The van der Waals surface area contributed by atoms with Crippen LogP contribution in [0.1, 0.15) is 18.4 Å². The topological polar surface area (TPSA) is 41.4 Å². The summed E-state index contributed by atoms with van der Waals surface area (Å²) in [4.78, 5) is 17.0. The molecular weight excluding hydrogens is 252 g/mol. The number of nitrogens with zero attached hydrogens (tertiary/aromatic N) is 4. The first-order valence-electron chi connectivity index (χ1n) is 7.67. The molecule has 0 radical (unpaired) electrons. The number of likely N-dealkylation sites (tertiary alicyclic amines) is 2. The van der Waals surface area contributed by atoms with Crippen LogP contribution in [-0.4, -0.2) is 51.7 Å². The van der Waals surface area contributed by atoms with Gasteiger partial charge in [-0.05, 0) is 18.8 Å². The molecule has 1 aromatic rings. The van der Waals surface area contributed by atoms with E-state index in [1.165, 1.54) is 18.4 Å². The number of hydrogen-bond donors (Lipinski definition) is 0. The monoisotopic (exact) mass is 274 g/mol. The lowest BCUT2D eigenvalue weighted by atomic mass is 10.0. The predicted octanol–water partition coefficient (Wildman–Crippen LogP) is 0.720. The van der Waals surface area contributed by atoms with E-state index in [2.05, 4.69) is 21.1 Å². The van der Waals surface area contributed by atoms with Gasteiger partial charge >= 0.3 is 0 Å². The predicted molar refractivity (Wildman–Crippen MR) is 74.8 cm³/mol. The summed E-state index contributed by atoms with van der Waals surface area (Å²) in [6.45, 7) is 4.93. The minimum absolute atomic E-state index is 0.255. The lowest BCUT2D eigenvalue weighted by Gasteiger charge is -2.21. The molecule has 2 atom stereocenters. The van der Waals surface area contributed by atoms with Crippen LogP contribution in [0.25, 0.3) is 0 Å². The van der Waals surface area contributed by atoms with Gasteiger partial charge in [0.1, 0.15) is 0 Å². The van der Waals surface area contributed by atoms with Gasteiger partial charge in [-0.25, -0.2) is 0 Å². The Morgan fingerprint density at radius 1 is 1.30 bits per heavy atom. The van der Waals surface area contributed by atoms with Gasteiger partial charge in [0.05, 0.1) is 12.1 Å². The molecule has 1 saturated carbocycles. The highest BCUT2D eigenvalue weighted by molar-refractivity contribution is 5.82. The molecule has 0 N–H and O–H groups in total. The van der Waals surface area contributed by atoms with Crippen molar-refractivity contribution < 1.29 is 4.79 Å². The quantitative estimate of drug-likeness (QED) is 0.812. The molecule has 0 bridgehead atoms. The molecule has 1 aromatic heterocycles. The van der Waals surface area contributed by atoms with Crippen molar-refractivity contribution in [3.63, 3.8) is 0 Å². The van der Waals surface area contributed by atoms with E-state index in [0.29, 0.717) is 11.8 Å². The van der Waals surface area contributed by atoms with Crippen LogP contribution in [0, 0.1) is 17.8 Å². The molecule has 5 nitrogen and oxygen atoms in total. The molecule has 0 spiro atoms. The number of fused-ring (bicyclic) bond motifs is 1. The van der Waals surface area contributed by atoms with E-state index in [1.54, 1.807) is 0 Å². The van der Waals surface area contributed by atoms with E-state index >= 15 is 0 Å². The van der Waals surface area contributed by atoms with Crippen molar-refractivity contribution >= 4 is 5.91 Å². The Labute approximate surface area is 119 Å². The van der Waals surface area contributed by atoms with Crippen molar-refractivity contribution in [3.8, 4) is 0 Å². The number of aryl methyl sites for hydroxylation is 1. The van der Waals surface area contributed by atoms with Gasteiger partial charge in [-0.15, -0.1) is 0 Å². The Bertz CT molecular complexity index is 522. The Morgan fingerprint density at radius 2 is 2.15 bits per heavy atom.